The van der Waals surface area contributed by atoms with Crippen LogP contribution in [0.15, 0.2) is 47.5 Å². The van der Waals surface area contributed by atoms with Crippen molar-refractivity contribution < 1.29 is 17.1 Å². The average molecular weight is 637 g/mol. The zero-order chi connectivity index (χ0) is 24.9. The van der Waals surface area contributed by atoms with Crippen LogP contribution in [-0.2, 0) is 17.1 Å². The zero-order valence-corrected chi connectivity index (χ0v) is 27.9. The second-order valence-electron chi connectivity index (χ2n) is 12.7. The molecule has 0 radical (unpaired) electrons. The first-order valence-corrected chi connectivity index (χ1v) is 32.6. The number of benzene rings is 2. The van der Waals surface area contributed by atoms with Crippen molar-refractivity contribution >= 4 is 18.4 Å². The molecule has 0 amide bonds. The minimum atomic E-state index is -3.58. The van der Waals surface area contributed by atoms with Crippen LogP contribution in [0.1, 0.15) is 114 Å². The van der Waals surface area contributed by atoms with Crippen LogP contribution >= 0.6 is 0 Å². The summed E-state index contributed by atoms with van der Waals surface area (Å²) in [7, 11) is 0. The van der Waals surface area contributed by atoms with E-state index in [0.717, 1.165) is 0 Å². The van der Waals surface area contributed by atoms with Crippen LogP contribution in [0.3, 0.4) is 0 Å². The quantitative estimate of drug-likeness (QED) is 0.210. The second-order valence-corrected chi connectivity index (χ2v) is 56.8. The van der Waals surface area contributed by atoms with Gasteiger partial charge in [-0.3, -0.25) is 0 Å². The van der Waals surface area contributed by atoms with Gasteiger partial charge in [0.1, 0.15) is 0 Å². The molecule has 4 rings (SSSR count). The van der Waals surface area contributed by atoms with Crippen molar-refractivity contribution in [3.05, 3.63) is 80.9 Å². The van der Waals surface area contributed by atoms with Gasteiger partial charge in [-0.15, -0.1) is 0 Å². The van der Waals surface area contributed by atoms with Crippen molar-refractivity contribution in [1.82, 2.24) is 0 Å². The van der Waals surface area contributed by atoms with E-state index in [1.807, 2.05) is 0 Å². The van der Waals surface area contributed by atoms with Gasteiger partial charge in [0, 0.05) is 0 Å². The Balaban J connectivity index is 2.00. The fourth-order valence-corrected chi connectivity index (χ4v) is 55.1. The predicted molar refractivity (Wildman–Crippen MR) is 152 cm³/mol. The van der Waals surface area contributed by atoms with Crippen molar-refractivity contribution in [1.29, 1.82) is 0 Å². The number of rotatable bonds is 7. The van der Waals surface area contributed by atoms with Crippen LogP contribution in [0.5, 0.6) is 0 Å². The molecule has 2 aliphatic rings. The Morgan fingerprint density at radius 1 is 0.765 bits per heavy atom. The molecule has 2 heteroatoms. The van der Waals surface area contributed by atoms with E-state index >= 15 is 0 Å². The van der Waals surface area contributed by atoms with Crippen LogP contribution < -0.4 is 0 Å². The Bertz CT molecular complexity index is 1150. The molecular formula is C32H46HfSi. The summed E-state index contributed by atoms with van der Waals surface area (Å²) < 4.78 is 7.14. The van der Waals surface area contributed by atoms with Gasteiger partial charge >= 0.3 is 212 Å². The van der Waals surface area contributed by atoms with E-state index in [2.05, 4.69) is 106 Å². The van der Waals surface area contributed by atoms with Crippen molar-refractivity contribution in [2.24, 2.45) is 0 Å². The summed E-state index contributed by atoms with van der Waals surface area (Å²) in [5.74, 6) is 1.14. The molecule has 0 bridgehead atoms. The summed E-state index contributed by atoms with van der Waals surface area (Å²) in [5.41, 5.74) is 12.9. The molecule has 0 aromatic heterocycles. The molecule has 0 spiro atoms. The minimum absolute atomic E-state index is 0.457. The van der Waals surface area contributed by atoms with Gasteiger partial charge in [0.2, 0.25) is 0 Å². The van der Waals surface area contributed by atoms with Gasteiger partial charge in [-0.2, -0.15) is 0 Å². The summed E-state index contributed by atoms with van der Waals surface area (Å²) >= 11 is -3.58. The maximum absolute atomic E-state index is 3.58. The Hall–Kier alpha value is -0.993. The Labute approximate surface area is 211 Å². The fraction of sp³-hybridized carbons (Fsp3) is 0.500. The SMILES string of the molecule is CCCC[SiH]=[Hf]([CH3])([CH3])([CH]1C(C)=Cc2c(C(C)C)cccc21)[CH]1C(C)=Cc2c(C(C)C)cccc21. The molecule has 0 saturated heterocycles. The monoisotopic (exact) mass is 638 g/mol. The molecule has 0 saturated carbocycles. The van der Waals surface area contributed by atoms with Gasteiger partial charge in [-0.1, -0.05) is 0 Å². The number of fused-ring (bicyclic) bond motifs is 2. The molecule has 0 aliphatic heterocycles. The van der Waals surface area contributed by atoms with E-state index in [9.17, 15) is 0 Å². The van der Waals surface area contributed by atoms with Crippen LogP contribution in [0.2, 0.25) is 15.4 Å². The van der Waals surface area contributed by atoms with Gasteiger partial charge in [-0.05, 0) is 0 Å². The second kappa shape index (κ2) is 9.47. The molecule has 0 N–H and O–H groups in total. The average Bonchev–Trinajstić information content (AvgIpc) is 3.29. The van der Waals surface area contributed by atoms with Crippen molar-refractivity contribution in [2.75, 3.05) is 0 Å². The van der Waals surface area contributed by atoms with Crippen molar-refractivity contribution in [3.8, 4) is 0 Å². The fourth-order valence-electron chi connectivity index (χ4n) is 7.74. The molecule has 2 atom stereocenters. The van der Waals surface area contributed by atoms with Crippen molar-refractivity contribution in [2.45, 2.75) is 95.9 Å². The molecule has 182 valence electrons. The Kier molecular flexibility index (Phi) is 7.26. The number of hydrogen-bond acceptors (Lipinski definition) is 0. The van der Waals surface area contributed by atoms with Gasteiger partial charge in [0.25, 0.3) is 0 Å². The van der Waals surface area contributed by atoms with Crippen LogP contribution in [0.4, 0.5) is 0 Å². The van der Waals surface area contributed by atoms with Crippen LogP contribution in [0.25, 0.3) is 12.2 Å². The van der Waals surface area contributed by atoms with E-state index in [4.69, 9.17) is 0 Å². The molecule has 2 aliphatic carbocycles. The van der Waals surface area contributed by atoms with E-state index in [1.165, 1.54) is 18.9 Å². The predicted octanol–water partition coefficient (Wildman–Crippen LogP) is 9.91. The summed E-state index contributed by atoms with van der Waals surface area (Å²) in [6, 6.07) is 15.9. The number of allylic oxidation sites excluding steroid dienone is 2. The van der Waals surface area contributed by atoms with E-state index in [1.54, 1.807) is 44.5 Å². The van der Waals surface area contributed by atoms with Crippen molar-refractivity contribution in [3.63, 3.8) is 0 Å². The van der Waals surface area contributed by atoms with Gasteiger partial charge in [0.15, 0.2) is 0 Å². The molecule has 0 fully saturated rings. The standard InChI is InChI=1S/2C13H15.C4H10Si.2CH3.Hf/c2*1-9(2)12-6-4-5-11-7-10(3)8-13(11)12;1-2-3-4-5;;;/h2*4-9H,1-3H3;5H,2-4H2,1H3;2*1H3;. The molecular weight excluding hydrogens is 591 g/mol. The van der Waals surface area contributed by atoms with Gasteiger partial charge in [-0.25, -0.2) is 0 Å². The number of hydrogen-bond donors (Lipinski definition) is 0. The molecule has 2 aromatic rings. The first-order valence-electron chi connectivity index (χ1n) is 13.7. The van der Waals surface area contributed by atoms with E-state index < -0.39 is 17.1 Å². The summed E-state index contributed by atoms with van der Waals surface area (Å²) in [5, 5.41) is 0. The third-order valence-corrected chi connectivity index (χ3v) is 52.1. The van der Waals surface area contributed by atoms with Crippen LogP contribution in [-0.4, -0.2) is 6.22 Å². The summed E-state index contributed by atoms with van der Waals surface area (Å²) in [6.45, 7) is 16.7. The van der Waals surface area contributed by atoms with E-state index in [0.29, 0.717) is 25.4 Å². The molecule has 2 aromatic carbocycles. The van der Waals surface area contributed by atoms with E-state index in [-0.39, 0.29) is 0 Å². The number of unbranched alkanes of at least 4 members (excludes halogenated alkanes) is 1. The van der Waals surface area contributed by atoms with Crippen LogP contribution in [0, 0.1) is 0 Å². The first-order chi connectivity index (χ1) is 16.0. The first kappa shape index (κ1) is 26.1. The maximum atomic E-state index is 2.89. The molecule has 0 nitrogen and oxygen atoms in total. The Morgan fingerprint density at radius 3 is 1.59 bits per heavy atom. The molecule has 2 unspecified atom stereocenters. The summed E-state index contributed by atoms with van der Waals surface area (Å²) in [6.07, 6.45) is 8.36. The molecule has 34 heavy (non-hydrogen) atoms. The van der Waals surface area contributed by atoms with Gasteiger partial charge in [0.05, 0.1) is 0 Å². The Morgan fingerprint density at radius 2 is 1.21 bits per heavy atom. The third kappa shape index (κ3) is 4.15. The molecule has 0 heterocycles. The summed E-state index contributed by atoms with van der Waals surface area (Å²) in [4.78, 5) is 0. The topological polar surface area (TPSA) is 0 Å². The zero-order valence-electron chi connectivity index (χ0n) is 23.1. The van der Waals surface area contributed by atoms with Gasteiger partial charge < -0.3 is 0 Å². The normalized spacial score (nSPS) is 19.9. The third-order valence-electron chi connectivity index (χ3n) is 9.04.